The van der Waals surface area contributed by atoms with Crippen molar-refractivity contribution in [2.24, 2.45) is 0 Å². The molecule has 0 radical (unpaired) electrons. The summed E-state index contributed by atoms with van der Waals surface area (Å²) < 4.78 is 48.0. The molecule has 2 rings (SSSR count). The van der Waals surface area contributed by atoms with Crippen molar-refractivity contribution in [3.05, 3.63) is 23.0 Å². The second-order valence-electron chi connectivity index (χ2n) is 3.56. The number of aromatic nitrogens is 2. The first kappa shape index (κ1) is 13.7. The highest BCUT2D eigenvalue weighted by atomic mass is 35.5. The lowest BCUT2D eigenvalue weighted by molar-refractivity contribution is -0.141. The molecule has 0 aliphatic heterocycles. The minimum absolute atomic E-state index is 0.0226. The minimum atomic E-state index is -4.66. The van der Waals surface area contributed by atoms with E-state index in [4.69, 9.17) is 21.1 Å². The van der Waals surface area contributed by atoms with Gasteiger partial charge in [-0.1, -0.05) is 11.6 Å². The average Bonchev–Trinajstić information content (AvgIpc) is 2.35. The van der Waals surface area contributed by atoms with Gasteiger partial charge < -0.3 is 9.47 Å². The molecule has 8 heteroatoms. The standard InChI is InChI=1S/C11H8ClF3N2O2/c1-18-7-3-5-6(4-8(7)19-2)17-10(12)9(16-5)11(13,14)15/h3-4H,1-2H3. The molecule has 19 heavy (non-hydrogen) atoms. The zero-order chi connectivity index (χ0) is 14.2. The highest BCUT2D eigenvalue weighted by Gasteiger charge is 2.36. The second kappa shape index (κ2) is 4.73. The van der Waals surface area contributed by atoms with Gasteiger partial charge in [0.2, 0.25) is 0 Å². The van der Waals surface area contributed by atoms with E-state index in [1.54, 1.807) is 0 Å². The van der Waals surface area contributed by atoms with Crippen LogP contribution in [-0.2, 0) is 6.18 Å². The Balaban J connectivity index is 2.72. The average molecular weight is 293 g/mol. The van der Waals surface area contributed by atoms with E-state index in [1.807, 2.05) is 0 Å². The maximum Gasteiger partial charge on any atom is 0.436 e. The van der Waals surface area contributed by atoms with E-state index in [0.717, 1.165) is 0 Å². The van der Waals surface area contributed by atoms with Gasteiger partial charge in [-0.05, 0) is 0 Å². The number of ether oxygens (including phenoxy) is 2. The maximum absolute atomic E-state index is 12.7. The minimum Gasteiger partial charge on any atom is -0.493 e. The largest absolute Gasteiger partial charge is 0.493 e. The van der Waals surface area contributed by atoms with Gasteiger partial charge in [0.05, 0.1) is 25.3 Å². The molecule has 1 aromatic carbocycles. The molecule has 0 aliphatic rings. The Morgan fingerprint density at radius 3 is 1.89 bits per heavy atom. The van der Waals surface area contributed by atoms with Crippen LogP contribution in [0.5, 0.6) is 11.5 Å². The highest BCUT2D eigenvalue weighted by Crippen LogP contribution is 2.36. The molecule has 1 aromatic heterocycles. The summed E-state index contributed by atoms with van der Waals surface area (Å²) in [5.41, 5.74) is -1.01. The van der Waals surface area contributed by atoms with Gasteiger partial charge in [0.25, 0.3) is 0 Å². The third kappa shape index (κ3) is 2.51. The van der Waals surface area contributed by atoms with Gasteiger partial charge in [-0.25, -0.2) is 9.97 Å². The number of benzene rings is 1. The van der Waals surface area contributed by atoms with Crippen LogP contribution in [0, 0.1) is 0 Å². The van der Waals surface area contributed by atoms with Gasteiger partial charge in [0.15, 0.2) is 22.3 Å². The zero-order valence-corrected chi connectivity index (χ0v) is 10.6. The lowest BCUT2D eigenvalue weighted by atomic mass is 10.2. The van der Waals surface area contributed by atoms with E-state index in [9.17, 15) is 13.2 Å². The Labute approximate surface area is 111 Å². The predicted octanol–water partition coefficient (Wildman–Crippen LogP) is 3.32. The molecule has 2 aromatic rings. The number of fused-ring (bicyclic) bond motifs is 1. The van der Waals surface area contributed by atoms with Crippen LogP contribution in [-0.4, -0.2) is 24.2 Å². The molecule has 0 saturated heterocycles. The predicted molar refractivity (Wildman–Crippen MR) is 62.7 cm³/mol. The van der Waals surface area contributed by atoms with Crippen LogP contribution in [0.2, 0.25) is 5.15 Å². The molecule has 0 N–H and O–H groups in total. The summed E-state index contributed by atoms with van der Waals surface area (Å²) in [6.45, 7) is 0. The van der Waals surface area contributed by atoms with Gasteiger partial charge in [0.1, 0.15) is 0 Å². The summed E-state index contributed by atoms with van der Waals surface area (Å²) in [6.07, 6.45) is -4.66. The first-order chi connectivity index (χ1) is 8.86. The smallest absolute Gasteiger partial charge is 0.436 e. The van der Waals surface area contributed by atoms with Crippen molar-refractivity contribution in [2.75, 3.05) is 14.2 Å². The van der Waals surface area contributed by atoms with Crippen LogP contribution in [0.15, 0.2) is 12.1 Å². The lowest BCUT2D eigenvalue weighted by Crippen LogP contribution is -2.10. The summed E-state index contributed by atoms with van der Waals surface area (Å²) in [6, 6.07) is 2.72. The number of methoxy groups -OCH3 is 2. The van der Waals surface area contributed by atoms with Gasteiger partial charge in [-0.15, -0.1) is 0 Å². The van der Waals surface area contributed by atoms with Gasteiger partial charge in [-0.2, -0.15) is 13.2 Å². The van der Waals surface area contributed by atoms with Crippen molar-refractivity contribution in [1.82, 2.24) is 9.97 Å². The number of alkyl halides is 3. The Morgan fingerprint density at radius 2 is 1.47 bits per heavy atom. The third-order valence-corrected chi connectivity index (χ3v) is 2.66. The summed E-state index contributed by atoms with van der Waals surface area (Å²) >= 11 is 5.49. The Kier molecular flexibility index (Phi) is 3.40. The second-order valence-corrected chi connectivity index (χ2v) is 3.91. The molecule has 0 spiro atoms. The molecular weight excluding hydrogens is 285 g/mol. The van der Waals surface area contributed by atoms with Gasteiger partial charge >= 0.3 is 6.18 Å². The summed E-state index contributed by atoms with van der Waals surface area (Å²) in [5, 5.41) is -0.702. The molecule has 0 saturated carbocycles. The fraction of sp³-hybridized carbons (Fsp3) is 0.273. The van der Waals surface area contributed by atoms with Crippen molar-refractivity contribution in [3.8, 4) is 11.5 Å². The van der Waals surface area contributed by atoms with Crippen LogP contribution >= 0.6 is 11.6 Å². The van der Waals surface area contributed by atoms with Crippen molar-refractivity contribution in [3.63, 3.8) is 0 Å². The van der Waals surface area contributed by atoms with E-state index in [1.165, 1.54) is 26.4 Å². The fourth-order valence-electron chi connectivity index (χ4n) is 1.54. The summed E-state index contributed by atoms with van der Waals surface area (Å²) in [7, 11) is 2.78. The number of hydrogen-bond acceptors (Lipinski definition) is 4. The normalized spacial score (nSPS) is 11.7. The molecular formula is C11H8ClF3N2O2. The molecule has 0 atom stereocenters. The first-order valence-electron chi connectivity index (χ1n) is 5.03. The van der Waals surface area contributed by atoms with E-state index >= 15 is 0 Å². The van der Waals surface area contributed by atoms with Crippen molar-refractivity contribution in [2.45, 2.75) is 6.18 Å². The van der Waals surface area contributed by atoms with E-state index < -0.39 is 17.0 Å². The van der Waals surface area contributed by atoms with Crippen LogP contribution in [0.4, 0.5) is 13.2 Å². The molecule has 0 aliphatic carbocycles. The zero-order valence-electron chi connectivity index (χ0n) is 9.88. The topological polar surface area (TPSA) is 44.2 Å². The molecule has 1 heterocycles. The van der Waals surface area contributed by atoms with E-state index in [2.05, 4.69) is 9.97 Å². The molecule has 0 bridgehead atoms. The number of halogens is 4. The maximum atomic E-state index is 12.7. The van der Waals surface area contributed by atoms with E-state index in [0.29, 0.717) is 5.75 Å². The Hall–Kier alpha value is -1.76. The highest BCUT2D eigenvalue weighted by molar-refractivity contribution is 6.30. The Bertz CT molecular complexity index is 631. The van der Waals surface area contributed by atoms with Gasteiger partial charge in [-0.3, -0.25) is 0 Å². The molecule has 102 valence electrons. The molecule has 0 fully saturated rings. The van der Waals surface area contributed by atoms with Crippen molar-refractivity contribution in [1.29, 1.82) is 0 Å². The third-order valence-electron chi connectivity index (χ3n) is 2.40. The quantitative estimate of drug-likeness (QED) is 0.852. The molecule has 0 amide bonds. The Morgan fingerprint density at radius 1 is 1.00 bits per heavy atom. The summed E-state index contributed by atoms with van der Waals surface area (Å²) in [5.74, 6) is 0.597. The van der Waals surface area contributed by atoms with Gasteiger partial charge in [0, 0.05) is 12.1 Å². The number of rotatable bonds is 2. The van der Waals surface area contributed by atoms with E-state index in [-0.39, 0.29) is 16.8 Å². The van der Waals surface area contributed by atoms with Crippen LogP contribution in [0.25, 0.3) is 11.0 Å². The SMILES string of the molecule is COc1cc2nc(Cl)c(C(F)(F)F)nc2cc1OC. The van der Waals surface area contributed by atoms with Crippen LogP contribution in [0.1, 0.15) is 5.69 Å². The van der Waals surface area contributed by atoms with Crippen molar-refractivity contribution < 1.29 is 22.6 Å². The molecule has 4 nitrogen and oxygen atoms in total. The fourth-order valence-corrected chi connectivity index (χ4v) is 1.78. The lowest BCUT2D eigenvalue weighted by Gasteiger charge is -2.11. The number of nitrogens with zero attached hydrogens (tertiary/aromatic N) is 2. The van der Waals surface area contributed by atoms with Crippen LogP contribution < -0.4 is 9.47 Å². The monoisotopic (exact) mass is 292 g/mol. The number of hydrogen-bond donors (Lipinski definition) is 0. The molecule has 0 unspecified atom stereocenters. The first-order valence-corrected chi connectivity index (χ1v) is 5.41. The summed E-state index contributed by atoms with van der Waals surface area (Å²) in [4.78, 5) is 7.15. The van der Waals surface area contributed by atoms with Crippen LogP contribution in [0.3, 0.4) is 0 Å². The van der Waals surface area contributed by atoms with Crippen molar-refractivity contribution >= 4 is 22.6 Å².